The number of hydrogen-bond donors (Lipinski definition) is 3. The lowest BCUT2D eigenvalue weighted by atomic mass is 9.93. The number of carbonyl (C=O) groups excluding carboxylic acids is 1. The summed E-state index contributed by atoms with van der Waals surface area (Å²) in [5.41, 5.74) is -0.552. The quantitative estimate of drug-likeness (QED) is 0.620. The minimum absolute atomic E-state index is 0.197. The first kappa shape index (κ1) is 12.0. The second-order valence-electron chi connectivity index (χ2n) is 4.00. The van der Waals surface area contributed by atoms with Gasteiger partial charge in [0.15, 0.2) is 0 Å². The van der Waals surface area contributed by atoms with Crippen molar-refractivity contribution < 1.29 is 14.7 Å². The van der Waals surface area contributed by atoms with Crippen LogP contribution in [0.4, 0.5) is 0 Å². The number of nitrogens with one attached hydrogen (secondary N) is 2. The molecule has 0 radical (unpaired) electrons. The Morgan fingerprint density at radius 2 is 2.27 bits per heavy atom. The van der Waals surface area contributed by atoms with Gasteiger partial charge in [0.2, 0.25) is 5.91 Å². The topological polar surface area (TPSA) is 78.4 Å². The zero-order valence-electron chi connectivity index (χ0n) is 9.17. The Balaban J connectivity index is 2.62. The highest BCUT2D eigenvalue weighted by Crippen LogP contribution is 2.23. The van der Waals surface area contributed by atoms with E-state index in [9.17, 15) is 9.59 Å². The van der Waals surface area contributed by atoms with Crippen molar-refractivity contribution in [3.63, 3.8) is 0 Å². The summed E-state index contributed by atoms with van der Waals surface area (Å²) in [5, 5.41) is 14.4. The van der Waals surface area contributed by atoms with Crippen LogP contribution in [-0.4, -0.2) is 35.1 Å². The molecule has 5 heteroatoms. The highest BCUT2D eigenvalue weighted by molar-refractivity contribution is 5.90. The second-order valence-corrected chi connectivity index (χ2v) is 4.00. The fourth-order valence-corrected chi connectivity index (χ4v) is 1.86. The summed E-state index contributed by atoms with van der Waals surface area (Å²) in [5.74, 6) is -1.20. The zero-order chi connectivity index (χ0) is 11.5. The van der Waals surface area contributed by atoms with Gasteiger partial charge >= 0.3 is 5.97 Å². The standard InChI is InChI=1S/C10H18N2O3/c1-3-10(5-4-6-11-10)9(15)12-7(2)8(13)14/h7,11H,3-6H2,1-2H3,(H,12,15)(H,13,14)/t7-,10?/m1/s1. The molecule has 1 amide bonds. The number of amides is 1. The smallest absolute Gasteiger partial charge is 0.325 e. The van der Waals surface area contributed by atoms with Crippen molar-refractivity contribution in [1.29, 1.82) is 0 Å². The molecule has 1 fully saturated rings. The molecule has 0 spiro atoms. The van der Waals surface area contributed by atoms with Gasteiger partial charge in [0, 0.05) is 0 Å². The number of aliphatic carboxylic acids is 1. The van der Waals surface area contributed by atoms with Crippen molar-refractivity contribution in [3.8, 4) is 0 Å². The molecule has 5 nitrogen and oxygen atoms in total. The number of carboxylic acids is 1. The van der Waals surface area contributed by atoms with Crippen LogP contribution in [0, 0.1) is 0 Å². The van der Waals surface area contributed by atoms with Crippen molar-refractivity contribution in [2.45, 2.75) is 44.7 Å². The molecule has 86 valence electrons. The fraction of sp³-hybridized carbons (Fsp3) is 0.800. The summed E-state index contributed by atoms with van der Waals surface area (Å²) in [6, 6.07) is -0.830. The van der Waals surface area contributed by atoms with Crippen molar-refractivity contribution in [3.05, 3.63) is 0 Å². The second kappa shape index (κ2) is 4.61. The normalized spacial score (nSPS) is 27.3. The molecule has 15 heavy (non-hydrogen) atoms. The number of hydrogen-bond acceptors (Lipinski definition) is 3. The molecule has 0 aromatic rings. The van der Waals surface area contributed by atoms with Crippen LogP contribution < -0.4 is 10.6 Å². The Morgan fingerprint density at radius 3 is 2.67 bits per heavy atom. The first-order valence-electron chi connectivity index (χ1n) is 5.30. The van der Waals surface area contributed by atoms with E-state index in [-0.39, 0.29) is 5.91 Å². The summed E-state index contributed by atoms with van der Waals surface area (Å²) < 4.78 is 0. The Kier molecular flexibility index (Phi) is 3.68. The van der Waals surface area contributed by atoms with E-state index in [1.54, 1.807) is 0 Å². The van der Waals surface area contributed by atoms with Crippen LogP contribution in [0.1, 0.15) is 33.1 Å². The molecule has 0 aliphatic carbocycles. The monoisotopic (exact) mass is 214 g/mol. The Labute approximate surface area is 89.2 Å². The zero-order valence-corrected chi connectivity index (χ0v) is 9.17. The van der Waals surface area contributed by atoms with Gasteiger partial charge in [0.25, 0.3) is 0 Å². The molecule has 1 heterocycles. The van der Waals surface area contributed by atoms with E-state index in [0.717, 1.165) is 19.4 Å². The van der Waals surface area contributed by atoms with E-state index in [4.69, 9.17) is 5.11 Å². The minimum Gasteiger partial charge on any atom is -0.480 e. The highest BCUT2D eigenvalue weighted by Gasteiger charge is 2.39. The maximum Gasteiger partial charge on any atom is 0.325 e. The predicted molar refractivity (Wildman–Crippen MR) is 55.5 cm³/mol. The Hall–Kier alpha value is -1.10. The summed E-state index contributed by atoms with van der Waals surface area (Å²) >= 11 is 0. The molecule has 0 aromatic carbocycles. The summed E-state index contributed by atoms with van der Waals surface area (Å²) in [7, 11) is 0. The number of rotatable bonds is 4. The summed E-state index contributed by atoms with van der Waals surface area (Å²) in [4.78, 5) is 22.5. The SMILES string of the molecule is CCC1(C(=O)N[C@H](C)C(=O)O)CCCN1. The van der Waals surface area contributed by atoms with Crippen LogP contribution >= 0.6 is 0 Å². The maximum absolute atomic E-state index is 11.9. The molecule has 1 aliphatic rings. The van der Waals surface area contributed by atoms with Crippen molar-refractivity contribution in [2.75, 3.05) is 6.54 Å². The van der Waals surface area contributed by atoms with Crippen LogP contribution in [0.3, 0.4) is 0 Å². The third-order valence-corrected chi connectivity index (χ3v) is 3.00. The molecule has 0 saturated carbocycles. The number of carboxylic acid groups (broad SMARTS) is 1. The summed E-state index contributed by atoms with van der Waals surface area (Å²) in [6.45, 7) is 4.23. The Bertz CT molecular complexity index is 259. The van der Waals surface area contributed by atoms with Gasteiger partial charge in [-0.15, -0.1) is 0 Å². The molecule has 0 bridgehead atoms. The van der Waals surface area contributed by atoms with Gasteiger partial charge in [0.05, 0.1) is 5.54 Å². The first-order valence-corrected chi connectivity index (χ1v) is 5.30. The molecule has 1 saturated heterocycles. The number of carbonyl (C=O) groups is 2. The largest absolute Gasteiger partial charge is 0.480 e. The Morgan fingerprint density at radius 1 is 1.60 bits per heavy atom. The van der Waals surface area contributed by atoms with E-state index in [1.807, 2.05) is 6.92 Å². The van der Waals surface area contributed by atoms with E-state index in [1.165, 1.54) is 6.92 Å². The van der Waals surface area contributed by atoms with Crippen molar-refractivity contribution in [1.82, 2.24) is 10.6 Å². The summed E-state index contributed by atoms with van der Waals surface area (Å²) in [6.07, 6.45) is 2.43. The lowest BCUT2D eigenvalue weighted by Gasteiger charge is -2.27. The average molecular weight is 214 g/mol. The van der Waals surface area contributed by atoms with E-state index in [0.29, 0.717) is 6.42 Å². The minimum atomic E-state index is -1.01. The fourth-order valence-electron chi connectivity index (χ4n) is 1.86. The molecule has 2 atom stereocenters. The lowest BCUT2D eigenvalue weighted by molar-refractivity contribution is -0.142. The highest BCUT2D eigenvalue weighted by atomic mass is 16.4. The van der Waals surface area contributed by atoms with Gasteiger partial charge in [-0.3, -0.25) is 9.59 Å². The molecule has 1 rings (SSSR count). The lowest BCUT2D eigenvalue weighted by Crippen LogP contribution is -2.56. The molecular weight excluding hydrogens is 196 g/mol. The molecular formula is C10H18N2O3. The molecule has 0 aromatic heterocycles. The van der Waals surface area contributed by atoms with Gasteiger partial charge in [-0.1, -0.05) is 6.92 Å². The maximum atomic E-state index is 11.9. The van der Waals surface area contributed by atoms with Gasteiger partial charge in [-0.05, 0) is 32.7 Å². The van der Waals surface area contributed by atoms with Crippen molar-refractivity contribution in [2.24, 2.45) is 0 Å². The van der Waals surface area contributed by atoms with E-state index < -0.39 is 17.6 Å². The average Bonchev–Trinajstić information content (AvgIpc) is 2.66. The predicted octanol–water partition coefficient (Wildman–Crippen LogP) is 0.108. The molecule has 1 unspecified atom stereocenters. The molecule has 1 aliphatic heterocycles. The van der Waals surface area contributed by atoms with Crippen LogP contribution in [-0.2, 0) is 9.59 Å². The van der Waals surface area contributed by atoms with Gasteiger partial charge < -0.3 is 15.7 Å². The van der Waals surface area contributed by atoms with Crippen LogP contribution in [0.25, 0.3) is 0 Å². The van der Waals surface area contributed by atoms with Crippen molar-refractivity contribution >= 4 is 11.9 Å². The van der Waals surface area contributed by atoms with Gasteiger partial charge in [-0.25, -0.2) is 0 Å². The molecule has 3 N–H and O–H groups in total. The van der Waals surface area contributed by atoms with E-state index >= 15 is 0 Å². The van der Waals surface area contributed by atoms with E-state index in [2.05, 4.69) is 10.6 Å². The van der Waals surface area contributed by atoms with Gasteiger partial charge in [0.1, 0.15) is 6.04 Å². The van der Waals surface area contributed by atoms with Crippen LogP contribution in [0.5, 0.6) is 0 Å². The van der Waals surface area contributed by atoms with Gasteiger partial charge in [-0.2, -0.15) is 0 Å². The third kappa shape index (κ3) is 2.47. The van der Waals surface area contributed by atoms with Crippen LogP contribution in [0.2, 0.25) is 0 Å². The van der Waals surface area contributed by atoms with Crippen LogP contribution in [0.15, 0.2) is 0 Å². The first-order chi connectivity index (χ1) is 7.02. The third-order valence-electron chi connectivity index (χ3n) is 3.00.